The molecular formula is C75H130NO8P. The summed E-state index contributed by atoms with van der Waals surface area (Å²) in [6.07, 6.45) is 97.3. The molecule has 0 saturated carbocycles. The summed E-state index contributed by atoms with van der Waals surface area (Å²) >= 11 is 0. The first-order valence-electron chi connectivity index (χ1n) is 35.0. The van der Waals surface area contributed by atoms with Crippen LogP contribution >= 0.6 is 7.82 Å². The van der Waals surface area contributed by atoms with Crippen molar-refractivity contribution < 1.29 is 37.6 Å². The van der Waals surface area contributed by atoms with Crippen LogP contribution in [-0.2, 0) is 32.7 Å². The minimum atomic E-state index is -4.40. The van der Waals surface area contributed by atoms with E-state index in [0.29, 0.717) is 6.42 Å². The van der Waals surface area contributed by atoms with Crippen molar-refractivity contribution in [2.75, 3.05) is 26.4 Å². The Balaban J connectivity index is 3.84. The molecule has 3 N–H and O–H groups in total. The molecule has 0 aliphatic rings. The van der Waals surface area contributed by atoms with E-state index in [1.165, 1.54) is 154 Å². The molecule has 0 spiro atoms. The van der Waals surface area contributed by atoms with E-state index >= 15 is 0 Å². The summed E-state index contributed by atoms with van der Waals surface area (Å²) in [6.45, 7) is 3.52. The Bertz CT molecular complexity index is 1810. The highest BCUT2D eigenvalue weighted by Crippen LogP contribution is 2.43. The number of unbranched alkanes of at least 4 members (excludes halogenated alkanes) is 32. The van der Waals surface area contributed by atoms with E-state index in [0.717, 1.165) is 122 Å². The third-order valence-corrected chi connectivity index (χ3v) is 15.8. The average Bonchev–Trinajstić information content (AvgIpc) is 3.52. The number of carbonyl (C=O) groups is 2. The molecule has 0 bridgehead atoms. The normalized spacial score (nSPS) is 13.7. The predicted octanol–water partition coefficient (Wildman–Crippen LogP) is 23.1. The topological polar surface area (TPSA) is 134 Å². The van der Waals surface area contributed by atoms with Crippen LogP contribution in [0.25, 0.3) is 0 Å². The molecular weight excluding hydrogens is 1070 g/mol. The molecule has 0 rings (SSSR count). The number of allylic oxidation sites excluding steroid dienone is 20. The van der Waals surface area contributed by atoms with Gasteiger partial charge in [-0.25, -0.2) is 4.57 Å². The lowest BCUT2D eigenvalue weighted by Crippen LogP contribution is -2.29. The van der Waals surface area contributed by atoms with Crippen LogP contribution in [0.2, 0.25) is 0 Å². The molecule has 488 valence electrons. The number of rotatable bonds is 65. The quantitative estimate of drug-likeness (QED) is 0.0264. The highest BCUT2D eigenvalue weighted by Gasteiger charge is 2.26. The first-order chi connectivity index (χ1) is 41.8. The van der Waals surface area contributed by atoms with Gasteiger partial charge in [-0.15, -0.1) is 0 Å². The van der Waals surface area contributed by atoms with Gasteiger partial charge >= 0.3 is 19.8 Å². The standard InChI is InChI=1S/C75H130NO8P/c1-3-5-7-9-11-13-15-17-19-21-23-25-27-29-30-31-32-33-34-35-36-37-38-39-40-41-42-44-45-47-49-51-53-55-57-59-61-63-65-67-74(77)81-71-73(72-83-85(79,80)82-70-69-76)84-75(78)68-66-64-62-60-58-56-54-52-50-48-46-43-28-26-24-22-20-18-16-14-12-10-8-6-4-2/h5-8,11-14,17-20,23-26,43,46,50,52,73H,3-4,9-10,15-16,21-22,27-42,44-45,47-49,51,53-72,76H2,1-2H3,(H,79,80)/b7-5-,8-6-,13-11-,14-12-,19-17-,20-18-,25-23-,26-24-,46-43-,52-50-. The largest absolute Gasteiger partial charge is 0.472 e. The zero-order chi connectivity index (χ0) is 61.6. The molecule has 9 nitrogen and oxygen atoms in total. The fourth-order valence-corrected chi connectivity index (χ4v) is 10.5. The molecule has 85 heavy (non-hydrogen) atoms. The maximum Gasteiger partial charge on any atom is 0.472 e. The maximum absolute atomic E-state index is 12.7. The highest BCUT2D eigenvalue weighted by atomic mass is 31.2. The molecule has 0 aromatic carbocycles. The van der Waals surface area contributed by atoms with Crippen LogP contribution in [0.1, 0.15) is 309 Å². The fourth-order valence-electron chi connectivity index (χ4n) is 9.75. The zero-order valence-corrected chi connectivity index (χ0v) is 55.7. The zero-order valence-electron chi connectivity index (χ0n) is 54.8. The molecule has 0 aliphatic carbocycles. The summed E-state index contributed by atoms with van der Waals surface area (Å²) in [5.74, 6) is -0.839. The van der Waals surface area contributed by atoms with Gasteiger partial charge in [0, 0.05) is 19.4 Å². The van der Waals surface area contributed by atoms with Crippen molar-refractivity contribution >= 4 is 19.8 Å². The van der Waals surface area contributed by atoms with Crippen molar-refractivity contribution in [3.8, 4) is 0 Å². The molecule has 10 heteroatoms. The number of ether oxygens (including phenoxy) is 2. The van der Waals surface area contributed by atoms with Crippen molar-refractivity contribution in [1.29, 1.82) is 0 Å². The minimum Gasteiger partial charge on any atom is -0.462 e. The third-order valence-electron chi connectivity index (χ3n) is 14.8. The van der Waals surface area contributed by atoms with Crippen LogP contribution in [0, 0.1) is 0 Å². The van der Waals surface area contributed by atoms with E-state index in [2.05, 4.69) is 135 Å². The highest BCUT2D eigenvalue weighted by molar-refractivity contribution is 7.47. The van der Waals surface area contributed by atoms with Crippen molar-refractivity contribution in [1.82, 2.24) is 0 Å². The summed E-state index contributed by atoms with van der Waals surface area (Å²) in [5.41, 5.74) is 5.40. The number of phosphoric ester groups is 1. The minimum absolute atomic E-state index is 0.0467. The Morgan fingerprint density at radius 3 is 0.906 bits per heavy atom. The second kappa shape index (κ2) is 69.5. The van der Waals surface area contributed by atoms with Gasteiger partial charge < -0.3 is 20.1 Å². The third kappa shape index (κ3) is 69.4. The monoisotopic (exact) mass is 1200 g/mol. The van der Waals surface area contributed by atoms with E-state index in [1.54, 1.807) is 0 Å². The van der Waals surface area contributed by atoms with Gasteiger partial charge in [-0.3, -0.25) is 18.6 Å². The maximum atomic E-state index is 12.7. The predicted molar refractivity (Wildman–Crippen MR) is 367 cm³/mol. The van der Waals surface area contributed by atoms with Gasteiger partial charge in [0.05, 0.1) is 13.2 Å². The SMILES string of the molecule is CC/C=C\C/C=C\C/C=C\C/C=C\C/C=C\C/C=C\CCCCCCCCC(=O)OC(COC(=O)CCCCCCCCCCCCCCCCCCCCCCCCCCCC/C=C\C/C=C\C/C=C\C/C=C\CC)COP(=O)(O)OCCN. The molecule has 0 saturated heterocycles. The Morgan fingerprint density at radius 2 is 0.612 bits per heavy atom. The lowest BCUT2D eigenvalue weighted by Gasteiger charge is -2.19. The summed E-state index contributed by atoms with van der Waals surface area (Å²) in [4.78, 5) is 35.3. The van der Waals surface area contributed by atoms with Crippen LogP contribution in [0.4, 0.5) is 0 Å². The van der Waals surface area contributed by atoms with Gasteiger partial charge in [0.15, 0.2) is 6.10 Å². The van der Waals surface area contributed by atoms with Gasteiger partial charge in [0.25, 0.3) is 0 Å². The smallest absolute Gasteiger partial charge is 0.462 e. The molecule has 0 fully saturated rings. The van der Waals surface area contributed by atoms with Gasteiger partial charge in [-0.05, 0) is 103 Å². The van der Waals surface area contributed by atoms with E-state index in [9.17, 15) is 19.0 Å². The number of carbonyl (C=O) groups excluding carboxylic acids is 2. The van der Waals surface area contributed by atoms with Gasteiger partial charge in [-0.1, -0.05) is 315 Å². The average molecular weight is 1200 g/mol. The second-order valence-corrected chi connectivity index (χ2v) is 24.4. The van der Waals surface area contributed by atoms with E-state index in [-0.39, 0.29) is 38.6 Å². The molecule has 0 aromatic rings. The number of esters is 2. The Hall–Kier alpha value is -3.59. The molecule has 0 radical (unpaired) electrons. The van der Waals surface area contributed by atoms with E-state index < -0.39 is 26.5 Å². The van der Waals surface area contributed by atoms with Crippen LogP contribution in [0.15, 0.2) is 122 Å². The van der Waals surface area contributed by atoms with Crippen LogP contribution < -0.4 is 5.73 Å². The molecule has 0 aliphatic heterocycles. The number of phosphoric acid groups is 1. The van der Waals surface area contributed by atoms with Crippen molar-refractivity contribution in [3.05, 3.63) is 122 Å². The summed E-state index contributed by atoms with van der Waals surface area (Å²) in [6, 6.07) is 0. The first kappa shape index (κ1) is 81.4. The summed E-state index contributed by atoms with van der Waals surface area (Å²) in [7, 11) is -4.40. The lowest BCUT2D eigenvalue weighted by molar-refractivity contribution is -0.161. The first-order valence-corrected chi connectivity index (χ1v) is 36.5. The Kier molecular flexibility index (Phi) is 66.6. The Morgan fingerprint density at radius 1 is 0.353 bits per heavy atom. The number of hydrogen-bond donors (Lipinski definition) is 2. The number of hydrogen-bond acceptors (Lipinski definition) is 8. The van der Waals surface area contributed by atoms with Gasteiger partial charge in [0.2, 0.25) is 0 Å². The van der Waals surface area contributed by atoms with Crippen molar-refractivity contribution in [2.24, 2.45) is 5.73 Å². The van der Waals surface area contributed by atoms with Crippen LogP contribution in [0.5, 0.6) is 0 Å². The van der Waals surface area contributed by atoms with Crippen molar-refractivity contribution in [2.45, 2.75) is 315 Å². The van der Waals surface area contributed by atoms with E-state index in [4.69, 9.17) is 24.3 Å². The van der Waals surface area contributed by atoms with E-state index in [1.807, 2.05) is 0 Å². The lowest BCUT2D eigenvalue weighted by atomic mass is 10.0. The molecule has 0 aromatic heterocycles. The molecule has 0 heterocycles. The second-order valence-electron chi connectivity index (χ2n) is 23.0. The fraction of sp³-hybridized carbons (Fsp3) is 0.707. The summed E-state index contributed by atoms with van der Waals surface area (Å²) in [5, 5.41) is 0. The van der Waals surface area contributed by atoms with Crippen LogP contribution in [-0.4, -0.2) is 49.3 Å². The molecule has 2 atom stereocenters. The van der Waals surface area contributed by atoms with Gasteiger partial charge in [0.1, 0.15) is 6.61 Å². The molecule has 0 amide bonds. The number of nitrogens with two attached hydrogens (primary N) is 1. The van der Waals surface area contributed by atoms with Gasteiger partial charge in [-0.2, -0.15) is 0 Å². The summed E-state index contributed by atoms with van der Waals surface area (Å²) < 4.78 is 33.1. The Labute approximate surface area is 523 Å². The van der Waals surface area contributed by atoms with Crippen LogP contribution in [0.3, 0.4) is 0 Å². The molecule has 2 unspecified atom stereocenters. The van der Waals surface area contributed by atoms with Crippen molar-refractivity contribution in [3.63, 3.8) is 0 Å².